The normalized spacial score (nSPS) is 15.2. The average molecular weight is 444 g/mol. The number of ether oxygens (including phenoxy) is 3. The summed E-state index contributed by atoms with van der Waals surface area (Å²) in [6.45, 7) is 7.26. The van der Waals surface area contributed by atoms with Gasteiger partial charge in [0.15, 0.2) is 15.8 Å². The maximum Gasteiger partial charge on any atom is 0.270 e. The molecule has 30 heavy (non-hydrogen) atoms. The van der Waals surface area contributed by atoms with E-state index in [2.05, 4.69) is 13.8 Å². The van der Waals surface area contributed by atoms with Crippen molar-refractivity contribution in [2.75, 3.05) is 25.2 Å². The first-order valence-corrected chi connectivity index (χ1v) is 11.0. The minimum absolute atomic E-state index is 0.145. The van der Waals surface area contributed by atoms with E-state index in [0.717, 1.165) is 11.3 Å². The summed E-state index contributed by atoms with van der Waals surface area (Å²) in [4.78, 5) is 15.1. The molecular weight excluding hydrogens is 418 g/mol. The third kappa shape index (κ3) is 5.15. The van der Waals surface area contributed by atoms with E-state index in [9.17, 15) is 4.79 Å². The highest BCUT2D eigenvalue weighted by Gasteiger charge is 2.33. The Labute approximate surface area is 187 Å². The Morgan fingerprint density at radius 1 is 1.10 bits per heavy atom. The molecule has 0 bridgehead atoms. The Morgan fingerprint density at radius 2 is 1.83 bits per heavy atom. The van der Waals surface area contributed by atoms with Crippen molar-refractivity contribution in [1.29, 1.82) is 0 Å². The standard InChI is InChI=1S/C23H25NO4S2/c1-5-27-20-12-16(6-11-19(20)28-14-15(2)3)13-21-22(25)24(23(29)30-21)17-7-9-18(26-4)10-8-17/h6-13,15H,5,14H2,1-4H3/b21-13+. The number of rotatable bonds is 8. The number of nitrogens with zero attached hydrogens (tertiary/aromatic N) is 1. The first-order chi connectivity index (χ1) is 14.4. The zero-order valence-electron chi connectivity index (χ0n) is 17.5. The number of methoxy groups -OCH3 is 1. The molecule has 5 nitrogen and oxygen atoms in total. The number of amides is 1. The van der Waals surface area contributed by atoms with Gasteiger partial charge in [0.05, 0.1) is 30.9 Å². The van der Waals surface area contributed by atoms with Crippen molar-refractivity contribution in [2.45, 2.75) is 20.8 Å². The molecule has 1 heterocycles. The number of thioether (sulfide) groups is 1. The molecule has 0 N–H and O–H groups in total. The predicted molar refractivity (Wildman–Crippen MR) is 127 cm³/mol. The number of carbonyl (C=O) groups is 1. The van der Waals surface area contributed by atoms with Gasteiger partial charge in [0, 0.05) is 0 Å². The van der Waals surface area contributed by atoms with Crippen molar-refractivity contribution in [3.8, 4) is 17.2 Å². The number of thiocarbonyl (C=S) groups is 1. The van der Waals surface area contributed by atoms with Gasteiger partial charge in [-0.2, -0.15) is 0 Å². The fraction of sp³-hybridized carbons (Fsp3) is 0.304. The Bertz CT molecular complexity index is 954. The lowest BCUT2D eigenvalue weighted by molar-refractivity contribution is -0.113. The van der Waals surface area contributed by atoms with Gasteiger partial charge in [-0.05, 0) is 60.9 Å². The molecule has 7 heteroatoms. The molecule has 1 aliphatic rings. The van der Waals surface area contributed by atoms with Crippen LogP contribution in [0.4, 0.5) is 5.69 Å². The number of hydrogen-bond acceptors (Lipinski definition) is 6. The van der Waals surface area contributed by atoms with E-state index in [-0.39, 0.29) is 5.91 Å². The largest absolute Gasteiger partial charge is 0.497 e. The average Bonchev–Trinajstić information content (AvgIpc) is 3.00. The highest BCUT2D eigenvalue weighted by molar-refractivity contribution is 8.27. The molecule has 0 aromatic heterocycles. The van der Waals surface area contributed by atoms with Crippen LogP contribution < -0.4 is 19.1 Å². The molecule has 2 aromatic carbocycles. The van der Waals surface area contributed by atoms with Crippen LogP contribution in [0.5, 0.6) is 17.2 Å². The summed E-state index contributed by atoms with van der Waals surface area (Å²) >= 11 is 6.74. The highest BCUT2D eigenvalue weighted by atomic mass is 32.2. The van der Waals surface area contributed by atoms with E-state index in [0.29, 0.717) is 45.5 Å². The molecule has 0 aliphatic carbocycles. The topological polar surface area (TPSA) is 48.0 Å². The molecule has 0 radical (unpaired) electrons. The van der Waals surface area contributed by atoms with Crippen LogP contribution >= 0.6 is 24.0 Å². The second-order valence-electron chi connectivity index (χ2n) is 7.06. The lowest BCUT2D eigenvalue weighted by atomic mass is 10.1. The fourth-order valence-electron chi connectivity index (χ4n) is 2.83. The molecule has 1 saturated heterocycles. The Morgan fingerprint density at radius 3 is 2.47 bits per heavy atom. The summed E-state index contributed by atoms with van der Waals surface area (Å²) in [6, 6.07) is 12.9. The first kappa shape index (κ1) is 22.2. The Balaban J connectivity index is 1.84. The molecule has 2 aromatic rings. The van der Waals surface area contributed by atoms with Gasteiger partial charge in [0.1, 0.15) is 5.75 Å². The van der Waals surface area contributed by atoms with Crippen LogP contribution in [0, 0.1) is 5.92 Å². The number of carbonyl (C=O) groups excluding carboxylic acids is 1. The van der Waals surface area contributed by atoms with Crippen LogP contribution in [0.15, 0.2) is 47.4 Å². The second kappa shape index (κ2) is 10.00. The smallest absolute Gasteiger partial charge is 0.270 e. The third-order valence-corrected chi connectivity index (χ3v) is 5.56. The number of anilines is 1. The molecule has 0 unspecified atom stereocenters. The minimum atomic E-state index is -0.145. The van der Waals surface area contributed by atoms with Gasteiger partial charge in [-0.25, -0.2) is 0 Å². The minimum Gasteiger partial charge on any atom is -0.497 e. The first-order valence-electron chi connectivity index (χ1n) is 9.74. The summed E-state index contributed by atoms with van der Waals surface area (Å²) in [5.74, 6) is 2.36. The van der Waals surface area contributed by atoms with E-state index in [4.69, 9.17) is 26.4 Å². The lowest BCUT2D eigenvalue weighted by Gasteiger charge is -2.15. The zero-order chi connectivity index (χ0) is 21.7. The molecule has 158 valence electrons. The second-order valence-corrected chi connectivity index (χ2v) is 8.73. The zero-order valence-corrected chi connectivity index (χ0v) is 19.1. The number of benzene rings is 2. The van der Waals surface area contributed by atoms with Crippen molar-refractivity contribution < 1.29 is 19.0 Å². The summed E-state index contributed by atoms with van der Waals surface area (Å²) in [5, 5.41) is 0. The molecule has 0 atom stereocenters. The van der Waals surface area contributed by atoms with Crippen molar-refractivity contribution in [2.24, 2.45) is 5.92 Å². The van der Waals surface area contributed by atoms with Gasteiger partial charge in [0.25, 0.3) is 5.91 Å². The quantitative estimate of drug-likeness (QED) is 0.395. The van der Waals surface area contributed by atoms with E-state index in [1.165, 1.54) is 16.7 Å². The van der Waals surface area contributed by atoms with Crippen LogP contribution in [0.3, 0.4) is 0 Å². The summed E-state index contributed by atoms with van der Waals surface area (Å²) in [7, 11) is 1.60. The van der Waals surface area contributed by atoms with Gasteiger partial charge in [-0.1, -0.05) is 43.9 Å². The SMILES string of the molecule is CCOc1cc(/C=C2/SC(=S)N(c3ccc(OC)cc3)C2=O)ccc1OCC(C)C. The molecule has 0 saturated carbocycles. The van der Waals surface area contributed by atoms with Gasteiger partial charge in [-0.3, -0.25) is 9.69 Å². The van der Waals surface area contributed by atoms with E-state index >= 15 is 0 Å². The summed E-state index contributed by atoms with van der Waals surface area (Å²) in [5.41, 5.74) is 1.57. The monoisotopic (exact) mass is 443 g/mol. The molecular formula is C23H25NO4S2. The van der Waals surface area contributed by atoms with E-state index in [1.54, 1.807) is 7.11 Å². The van der Waals surface area contributed by atoms with Gasteiger partial charge in [0.2, 0.25) is 0 Å². The molecule has 1 aliphatic heterocycles. The Hall–Kier alpha value is -2.51. The predicted octanol–water partition coefficient (Wildman–Crippen LogP) is 5.53. The lowest BCUT2D eigenvalue weighted by Crippen LogP contribution is -2.27. The molecule has 0 spiro atoms. The van der Waals surface area contributed by atoms with Gasteiger partial charge in [-0.15, -0.1) is 0 Å². The third-order valence-electron chi connectivity index (χ3n) is 4.26. The van der Waals surface area contributed by atoms with Crippen LogP contribution in [0.1, 0.15) is 26.3 Å². The van der Waals surface area contributed by atoms with Crippen LogP contribution in [0.25, 0.3) is 6.08 Å². The summed E-state index contributed by atoms with van der Waals surface area (Å²) < 4.78 is 17.3. The fourth-order valence-corrected chi connectivity index (χ4v) is 4.13. The van der Waals surface area contributed by atoms with E-state index in [1.807, 2.05) is 55.5 Å². The maximum absolute atomic E-state index is 13.0. The molecule has 1 fully saturated rings. The van der Waals surface area contributed by atoms with Crippen molar-refractivity contribution in [3.63, 3.8) is 0 Å². The highest BCUT2D eigenvalue weighted by Crippen LogP contribution is 2.37. The molecule has 1 amide bonds. The van der Waals surface area contributed by atoms with Crippen molar-refractivity contribution >= 4 is 46.0 Å². The Kier molecular flexibility index (Phi) is 7.39. The number of hydrogen-bond donors (Lipinski definition) is 0. The van der Waals surface area contributed by atoms with Crippen molar-refractivity contribution in [1.82, 2.24) is 0 Å². The van der Waals surface area contributed by atoms with Crippen LogP contribution in [-0.2, 0) is 4.79 Å². The summed E-state index contributed by atoms with van der Waals surface area (Å²) in [6.07, 6.45) is 1.83. The van der Waals surface area contributed by atoms with E-state index < -0.39 is 0 Å². The van der Waals surface area contributed by atoms with Gasteiger partial charge < -0.3 is 14.2 Å². The maximum atomic E-state index is 13.0. The van der Waals surface area contributed by atoms with Crippen LogP contribution in [-0.4, -0.2) is 30.6 Å². The van der Waals surface area contributed by atoms with Crippen molar-refractivity contribution in [3.05, 3.63) is 52.9 Å². The molecule has 3 rings (SSSR count). The van der Waals surface area contributed by atoms with Crippen LogP contribution in [0.2, 0.25) is 0 Å². The van der Waals surface area contributed by atoms with Gasteiger partial charge >= 0.3 is 0 Å².